The summed E-state index contributed by atoms with van der Waals surface area (Å²) in [6.45, 7) is -1.44. The highest BCUT2D eigenvalue weighted by molar-refractivity contribution is 6.03. The van der Waals surface area contributed by atoms with E-state index in [-0.39, 0.29) is 114 Å². The molecule has 40 N–H and O–H groups in total. The first-order valence-electron chi connectivity index (χ1n) is 43.4. The van der Waals surface area contributed by atoms with Crippen LogP contribution in [0.3, 0.4) is 0 Å². The first kappa shape index (κ1) is 113. The van der Waals surface area contributed by atoms with Crippen LogP contribution >= 0.6 is 0 Å². The van der Waals surface area contributed by atoms with E-state index in [0.29, 0.717) is 74.8 Å². The number of aliphatic hydroxyl groups is 3. The number of rotatable bonds is 38. The van der Waals surface area contributed by atoms with Crippen LogP contribution in [-0.4, -0.2) is 304 Å². The zero-order valence-electron chi connectivity index (χ0n) is 74.3. The number of hydrogen-bond acceptors (Lipinski definition) is 28. The summed E-state index contributed by atoms with van der Waals surface area (Å²) in [7, 11) is 0. The average molecular weight is 1900 g/mol. The number of nitrogens with zero attached hydrogens (tertiary/aromatic N) is 3. The monoisotopic (exact) mass is 1900 g/mol. The largest absolute Gasteiger partial charge is 0.508 e. The fourth-order valence-electron chi connectivity index (χ4n) is 13.5. The van der Waals surface area contributed by atoms with Crippen molar-refractivity contribution in [1.29, 1.82) is 0 Å². The molecule has 0 spiro atoms. The van der Waals surface area contributed by atoms with Gasteiger partial charge < -0.3 is 167 Å². The smallest absolute Gasteiger partial charge is 0.305 e. The van der Waals surface area contributed by atoms with Gasteiger partial charge in [-0.25, -0.2) is 0 Å². The number of carboxylic acids is 3. The number of nitrogens with one attached hydrogen (secondary N) is 15. The van der Waals surface area contributed by atoms with E-state index in [9.17, 15) is 122 Å². The molecule has 135 heavy (non-hydrogen) atoms. The Hall–Kier alpha value is -14.5. The van der Waals surface area contributed by atoms with Crippen LogP contribution in [0.2, 0.25) is 0 Å². The van der Waals surface area contributed by atoms with Crippen LogP contribution in [0.4, 0.5) is 0 Å². The first-order chi connectivity index (χ1) is 64.2. The molecule has 0 aliphatic carbocycles. The van der Waals surface area contributed by atoms with Crippen LogP contribution in [0.15, 0.2) is 99.9 Å². The minimum absolute atomic E-state index is 0.00586. The molecule has 52 heteroatoms. The summed E-state index contributed by atoms with van der Waals surface area (Å²) in [6, 6.07) is 1.11. The molecule has 0 bridgehead atoms. The first-order valence-corrected chi connectivity index (χ1v) is 43.4. The van der Waals surface area contributed by atoms with Gasteiger partial charge in [-0.2, -0.15) is 0 Å². The average Bonchev–Trinajstić information content (AvgIpc) is 1.81. The maximum Gasteiger partial charge on any atom is 0.305 e. The Labute approximate surface area is 775 Å². The molecule has 0 radical (unpaired) electrons. The summed E-state index contributed by atoms with van der Waals surface area (Å²) in [5.74, 6) is -18.3. The van der Waals surface area contributed by atoms with Crippen molar-refractivity contribution in [3.05, 3.63) is 102 Å². The number of unbranched alkanes of at least 4 members (excludes halogenated alkanes) is 3. The Kier molecular flexibility index (Phi) is 50.6. The lowest BCUT2D eigenvalue weighted by atomic mass is 10.0. The second kappa shape index (κ2) is 60.5. The molecule has 15 atom stereocenters. The third kappa shape index (κ3) is 42.3. The summed E-state index contributed by atoms with van der Waals surface area (Å²) >= 11 is 0. The minimum atomic E-state index is -1.72. The molecule has 3 aromatic carbocycles. The summed E-state index contributed by atoms with van der Waals surface area (Å²) in [4.78, 5) is 246. The van der Waals surface area contributed by atoms with Crippen LogP contribution in [0, 0.1) is 0 Å². The van der Waals surface area contributed by atoms with Gasteiger partial charge in [0.25, 0.3) is 0 Å². The molecular formula is C83H127N27O25. The van der Waals surface area contributed by atoms with Gasteiger partial charge in [0.15, 0.2) is 17.9 Å². The number of carbonyl (C=O) groups is 18. The van der Waals surface area contributed by atoms with E-state index < -0.39 is 236 Å². The molecule has 6 rings (SSSR count). The third-order valence-corrected chi connectivity index (χ3v) is 20.6. The molecule has 744 valence electrons. The lowest BCUT2D eigenvalue weighted by Crippen LogP contribution is -2.59. The summed E-state index contributed by atoms with van der Waals surface area (Å²) < 4.78 is 0. The fourth-order valence-corrected chi connectivity index (χ4v) is 13.5. The van der Waals surface area contributed by atoms with Crippen LogP contribution in [0.25, 0.3) is 0 Å². The number of phenolic OH excluding ortho intramolecular Hbond substituents is 1. The van der Waals surface area contributed by atoms with Crippen molar-refractivity contribution in [1.82, 2.24) is 79.8 Å². The molecule has 3 aliphatic rings. The Balaban J connectivity index is 0.000000423. The van der Waals surface area contributed by atoms with Gasteiger partial charge >= 0.3 is 17.9 Å². The lowest BCUT2D eigenvalue weighted by Gasteiger charge is -2.26. The van der Waals surface area contributed by atoms with Gasteiger partial charge in [0.2, 0.25) is 88.6 Å². The predicted octanol–water partition coefficient (Wildman–Crippen LogP) is -11.2. The van der Waals surface area contributed by atoms with E-state index in [1.165, 1.54) is 24.3 Å². The summed E-state index contributed by atoms with van der Waals surface area (Å²) in [5, 5.41) is 104. The van der Waals surface area contributed by atoms with Crippen LogP contribution < -0.4 is 131 Å². The fraction of sp³-hybridized carbons (Fsp3) is 0.530. The van der Waals surface area contributed by atoms with Crippen molar-refractivity contribution < 1.29 is 122 Å². The number of phenols is 1. The van der Waals surface area contributed by atoms with Crippen LogP contribution in [0.1, 0.15) is 138 Å². The van der Waals surface area contributed by atoms with Crippen molar-refractivity contribution in [2.24, 2.45) is 66.6 Å². The lowest BCUT2D eigenvalue weighted by molar-refractivity contribution is -0.142. The number of aliphatic hydroxyl groups excluding tert-OH is 3. The molecule has 52 nitrogen and oxygen atoms in total. The molecule has 3 fully saturated rings. The van der Waals surface area contributed by atoms with Gasteiger partial charge in [-0.15, -0.1) is 0 Å². The number of guanidine groups is 3. The van der Waals surface area contributed by atoms with E-state index >= 15 is 0 Å². The standard InChI is InChI=1S/C28H43N9O9.C28H43N9O8.C27H41N9O8/c29-10-2-1-4-17-23(42)33-18(5-3-11-32-28(30)31)24(43)37-21(14-38)27(46)36-20(13-22(40)41)26(45)35-19(25(44)34-17)12-15-6-8-16(39)9-7-15;29-11-5-4-9-17-23(41)33-18(10-6-12-32-28(30)31)24(42)37-21(15-38)27(45)36-20(14-22(39)40)26(44)35-19(25(43)34-17)13-16-7-2-1-3-8-16;28-11-5-4-9-16-22(40)32-17(10-6-12-31-27(29)30)23(41)35-19(14-37)25(43)34-18(13-20(38)39)24(42)36-21(26(44)33-16)15-7-2-1-3-8-15/h6-9,17-21,38-39H,1-5,10-14,29H2,(H,33,42)(H,34,44)(H,35,45)(H,36,46)(H,37,43)(H,40,41)(H4,30,31,32);1-3,7-8,17-21,38H,4-6,9-15,29H2,(H,33,41)(H,34,43)(H,35,44)(H,36,45)(H,37,42)(H,39,40)(H4,30,31,32);1-3,7-8,16-19,21,37H,4-6,9-14,28H2,(H,32,40)(H,33,44)(H,34,43)(H,35,41)(H,36,42)(H,38,39)(H4,29,30,31)/t2*17-,18-,19+,20-,21-;16-,17-,18-,19-,21+/m000/s1. The molecule has 0 saturated carbocycles. The SMILES string of the molecule is NCCCC[C@@H]1NC(=O)[C@@H](Cc2ccc(O)cc2)NC(=O)[C@H](CC(=O)O)NC(=O)[C@H](CO)NC(=O)[C@H](CCCN=C(N)N)NC1=O.NCCCC[C@@H]1NC(=O)[C@@H](Cc2ccccc2)NC(=O)[C@H](CC(=O)O)NC(=O)[C@H](CO)NC(=O)[C@H](CCCN=C(N)N)NC1=O.NCCCC[C@@H]1NC(=O)[C@@H](c2ccccc2)NC(=O)[C@H](CC(=O)O)NC(=O)[C@H](CO)NC(=O)[C@H](CCCN=C(N)N)NC1=O. The van der Waals surface area contributed by atoms with Crippen molar-refractivity contribution in [2.45, 2.75) is 219 Å². The maximum absolute atomic E-state index is 13.6. The van der Waals surface area contributed by atoms with Crippen LogP contribution in [0.5, 0.6) is 5.75 Å². The Morgan fingerprint density at radius 3 is 0.763 bits per heavy atom. The van der Waals surface area contributed by atoms with E-state index in [1.807, 2.05) is 0 Å². The van der Waals surface area contributed by atoms with Gasteiger partial charge in [-0.05, 0) is 145 Å². The predicted molar refractivity (Wildman–Crippen MR) is 483 cm³/mol. The number of hydrogen-bond donors (Lipinski definition) is 31. The highest BCUT2D eigenvalue weighted by Gasteiger charge is 2.41. The minimum Gasteiger partial charge on any atom is -0.508 e. The molecule has 3 aromatic rings. The summed E-state index contributed by atoms with van der Waals surface area (Å²) in [5.41, 5.74) is 50.4. The normalized spacial score (nSPS) is 23.2. The summed E-state index contributed by atoms with van der Waals surface area (Å²) in [6.07, 6.45) is 1.12. The van der Waals surface area contributed by atoms with E-state index in [2.05, 4.69) is 94.7 Å². The van der Waals surface area contributed by atoms with Crippen molar-refractivity contribution in [3.63, 3.8) is 0 Å². The maximum atomic E-state index is 13.6. The number of nitrogens with two attached hydrogens (primary N) is 9. The molecule has 15 amide bonds. The zero-order valence-corrected chi connectivity index (χ0v) is 74.3. The zero-order chi connectivity index (χ0) is 100. The second-order valence-electron chi connectivity index (χ2n) is 31.3. The number of aromatic hydroxyl groups is 1. The quantitative estimate of drug-likeness (QED) is 0.0144. The molecule has 3 heterocycles. The van der Waals surface area contributed by atoms with Gasteiger partial charge in [-0.1, -0.05) is 72.8 Å². The number of carbonyl (C=O) groups excluding carboxylic acids is 15. The number of carboxylic acid groups (broad SMARTS) is 3. The molecule has 3 aliphatic heterocycles. The van der Waals surface area contributed by atoms with Crippen molar-refractivity contribution in [2.75, 3.05) is 59.1 Å². The number of aliphatic imine (C=N–C) groups is 3. The van der Waals surface area contributed by atoms with Crippen molar-refractivity contribution in [3.8, 4) is 5.75 Å². The van der Waals surface area contributed by atoms with Crippen LogP contribution in [-0.2, 0) is 99.1 Å². The van der Waals surface area contributed by atoms with E-state index in [0.717, 1.165) is 0 Å². The number of amides is 15. The highest BCUT2D eigenvalue weighted by atomic mass is 16.4. The molecule has 3 saturated heterocycles. The number of benzene rings is 3. The van der Waals surface area contributed by atoms with Gasteiger partial charge in [0.1, 0.15) is 96.4 Å². The molecule has 0 unspecified atom stereocenters. The van der Waals surface area contributed by atoms with Gasteiger partial charge in [-0.3, -0.25) is 101 Å². The Morgan fingerprint density at radius 1 is 0.267 bits per heavy atom. The van der Waals surface area contributed by atoms with Gasteiger partial charge in [0, 0.05) is 32.5 Å². The molecule has 0 aromatic heterocycles. The highest BCUT2D eigenvalue weighted by Crippen LogP contribution is 2.19. The van der Waals surface area contributed by atoms with Gasteiger partial charge in [0.05, 0.1) is 39.1 Å². The Bertz CT molecular complexity index is 4550. The second-order valence-corrected chi connectivity index (χ2v) is 31.3. The van der Waals surface area contributed by atoms with E-state index in [4.69, 9.17) is 51.6 Å². The van der Waals surface area contributed by atoms with E-state index in [1.54, 1.807) is 60.7 Å². The topological polar surface area (TPSA) is 901 Å². The van der Waals surface area contributed by atoms with Crippen molar-refractivity contribution >= 4 is 124 Å². The molecular weight excluding hydrogens is 1780 g/mol. The third-order valence-electron chi connectivity index (χ3n) is 20.6. The number of aliphatic carboxylic acids is 3. The Morgan fingerprint density at radius 2 is 0.489 bits per heavy atom.